The van der Waals surface area contributed by atoms with E-state index in [-0.39, 0.29) is 52.0 Å². The fraction of sp³-hybridized carbons (Fsp3) is 0.500. The zero-order valence-corrected chi connectivity index (χ0v) is 15.2. The van der Waals surface area contributed by atoms with Crippen molar-refractivity contribution in [3.63, 3.8) is 0 Å². The van der Waals surface area contributed by atoms with E-state index in [0.29, 0.717) is 0 Å². The summed E-state index contributed by atoms with van der Waals surface area (Å²) in [6, 6.07) is 2.08. The molecule has 2 fully saturated rings. The molecule has 3 rings (SSSR count). The van der Waals surface area contributed by atoms with Crippen LogP contribution < -0.4 is 0 Å². The second-order valence-corrected chi connectivity index (χ2v) is 8.17. The Hall–Kier alpha value is -0.0500. The molecule has 0 spiro atoms. The van der Waals surface area contributed by atoms with Crippen LogP contribution in [0.25, 0.3) is 0 Å². The Morgan fingerprint density at radius 2 is 1.88 bits per heavy atom. The first-order valence-corrected chi connectivity index (χ1v) is 9.34. The summed E-state index contributed by atoms with van der Waals surface area (Å²) in [6.07, 6.45) is -4.77. The number of rotatable bonds is 2. The minimum absolute atomic E-state index is 0.0217. The average molecular weight is 422 g/mol. The first-order chi connectivity index (χ1) is 11.1. The van der Waals surface area contributed by atoms with Gasteiger partial charge in [0, 0.05) is 19.1 Å². The van der Waals surface area contributed by atoms with Gasteiger partial charge >= 0.3 is 6.18 Å². The second-order valence-electron chi connectivity index (χ2n) is 5.80. The van der Waals surface area contributed by atoms with Gasteiger partial charge in [0.2, 0.25) is 0 Å². The van der Waals surface area contributed by atoms with Gasteiger partial charge in [-0.25, -0.2) is 4.21 Å². The van der Waals surface area contributed by atoms with E-state index in [0.717, 1.165) is 0 Å². The van der Waals surface area contributed by atoms with Gasteiger partial charge in [0.05, 0.1) is 27.4 Å². The normalized spacial score (nSPS) is 31.8. The van der Waals surface area contributed by atoms with Gasteiger partial charge in [-0.3, -0.25) is 9.08 Å². The molecule has 1 aromatic rings. The molecule has 1 radical (unpaired) electrons. The molecule has 3 unspecified atom stereocenters. The maximum Gasteiger partial charge on any atom is 0.399 e. The molecule has 2 heterocycles. The van der Waals surface area contributed by atoms with Crippen molar-refractivity contribution in [3.8, 4) is 0 Å². The van der Waals surface area contributed by atoms with E-state index in [1.165, 1.54) is 18.7 Å². The van der Waals surface area contributed by atoms with E-state index >= 15 is 0 Å². The highest BCUT2D eigenvalue weighted by Gasteiger charge is 2.60. The number of halogens is 6. The van der Waals surface area contributed by atoms with Crippen molar-refractivity contribution in [2.45, 2.75) is 24.1 Å². The number of likely N-dealkylation sites (tertiary alicyclic amines) is 1. The molecule has 2 saturated heterocycles. The molecule has 10 heteroatoms. The van der Waals surface area contributed by atoms with Crippen molar-refractivity contribution in [1.29, 1.82) is 0 Å². The third kappa shape index (κ3) is 3.19. The van der Waals surface area contributed by atoms with Crippen LogP contribution >= 0.6 is 34.8 Å². The predicted octanol–water partition coefficient (Wildman–Crippen LogP) is 4.38. The monoisotopic (exact) mass is 420 g/mol. The summed E-state index contributed by atoms with van der Waals surface area (Å²) in [5.74, 6) is 0.187. The lowest BCUT2D eigenvalue weighted by molar-refractivity contribution is -0.187. The van der Waals surface area contributed by atoms with Crippen LogP contribution in [0.15, 0.2) is 12.1 Å². The molecule has 2 aliphatic rings. The summed E-state index contributed by atoms with van der Waals surface area (Å²) in [7, 11) is 0. The summed E-state index contributed by atoms with van der Waals surface area (Å²) in [5, 5.41) is -0.0177. The Morgan fingerprint density at radius 1 is 1.25 bits per heavy atom. The lowest BCUT2D eigenvalue weighted by Gasteiger charge is -2.33. The zero-order valence-electron chi connectivity index (χ0n) is 12.1. The second kappa shape index (κ2) is 6.59. The van der Waals surface area contributed by atoms with E-state index in [2.05, 4.69) is 0 Å². The van der Waals surface area contributed by atoms with Gasteiger partial charge in [0.1, 0.15) is 5.41 Å². The topological polar surface area (TPSA) is 29.5 Å². The van der Waals surface area contributed by atoms with Crippen molar-refractivity contribution in [3.05, 3.63) is 39.3 Å². The molecule has 2 aliphatic heterocycles. The lowest BCUT2D eigenvalue weighted by atomic mass is 9.79. The third-order valence-electron chi connectivity index (χ3n) is 4.40. The van der Waals surface area contributed by atoms with Crippen molar-refractivity contribution in [2.75, 3.05) is 18.9 Å². The van der Waals surface area contributed by atoms with Crippen LogP contribution in [0.1, 0.15) is 12.0 Å². The molecule has 24 heavy (non-hydrogen) atoms. The highest BCUT2D eigenvalue weighted by molar-refractivity contribution is 7.80. The van der Waals surface area contributed by atoms with Crippen LogP contribution in [0.3, 0.4) is 0 Å². The molecule has 0 amide bonds. The van der Waals surface area contributed by atoms with Crippen molar-refractivity contribution < 1.29 is 21.6 Å². The molecule has 3 nitrogen and oxygen atoms in total. The molecule has 0 bridgehead atoms. The average Bonchev–Trinajstić information content (AvgIpc) is 3.10. The predicted molar refractivity (Wildman–Crippen MR) is 87.6 cm³/mol. The Labute approximate surface area is 154 Å². The summed E-state index contributed by atoms with van der Waals surface area (Å²) < 4.78 is 58.1. The molecule has 0 aromatic heterocycles. The van der Waals surface area contributed by atoms with Crippen LogP contribution in [0.2, 0.25) is 15.1 Å². The van der Waals surface area contributed by atoms with Gasteiger partial charge in [-0.05, 0) is 24.1 Å². The van der Waals surface area contributed by atoms with E-state index in [1.54, 1.807) is 4.90 Å². The Balaban J connectivity index is 1.97. The lowest BCUT2D eigenvalue weighted by Crippen LogP contribution is -2.46. The molecular formula is C14H12Cl3F3NO2S. The van der Waals surface area contributed by atoms with Crippen LogP contribution in [-0.4, -0.2) is 40.2 Å². The number of benzene rings is 1. The molecule has 0 aliphatic carbocycles. The van der Waals surface area contributed by atoms with E-state index < -0.39 is 22.7 Å². The van der Waals surface area contributed by atoms with Gasteiger partial charge in [-0.1, -0.05) is 34.8 Å². The number of nitrogens with zero attached hydrogens (tertiary/aromatic N) is 1. The Bertz CT molecular complexity index is 665. The number of hydrogen-bond acceptors (Lipinski definition) is 3. The van der Waals surface area contributed by atoms with Gasteiger partial charge in [0.25, 0.3) is 0 Å². The van der Waals surface area contributed by atoms with Crippen molar-refractivity contribution >= 4 is 45.9 Å². The smallest absolute Gasteiger partial charge is 0.291 e. The minimum atomic E-state index is -4.52. The highest BCUT2D eigenvalue weighted by atomic mass is 35.5. The number of alkyl halides is 3. The molecule has 0 N–H and O–H groups in total. The molecule has 0 saturated carbocycles. The van der Waals surface area contributed by atoms with E-state index in [9.17, 15) is 17.4 Å². The van der Waals surface area contributed by atoms with Crippen molar-refractivity contribution in [2.24, 2.45) is 0 Å². The SMILES string of the molecule is O=S1CC(N2[CH]CC(c3cc(Cl)c(Cl)c(Cl)c3)(C(F)(F)F)C2)CO1. The van der Waals surface area contributed by atoms with Gasteiger partial charge in [-0.2, -0.15) is 13.2 Å². The van der Waals surface area contributed by atoms with Crippen LogP contribution in [0.5, 0.6) is 0 Å². The fourth-order valence-corrected chi connectivity index (χ4v) is 4.60. The molecule has 3 atom stereocenters. The van der Waals surface area contributed by atoms with Gasteiger partial charge in [0.15, 0.2) is 11.1 Å². The van der Waals surface area contributed by atoms with Gasteiger partial charge < -0.3 is 0 Å². The summed E-state index contributed by atoms with van der Waals surface area (Å²) >= 11 is 16.2. The minimum Gasteiger partial charge on any atom is -0.291 e. The van der Waals surface area contributed by atoms with Crippen molar-refractivity contribution in [1.82, 2.24) is 4.90 Å². The molecule has 1 aromatic carbocycles. The summed E-state index contributed by atoms with van der Waals surface area (Å²) in [6.45, 7) is 1.32. The maximum atomic E-state index is 13.9. The number of hydrogen-bond donors (Lipinski definition) is 0. The molecule has 133 valence electrons. The third-order valence-corrected chi connectivity index (χ3v) is 6.65. The first-order valence-electron chi connectivity index (χ1n) is 6.96. The van der Waals surface area contributed by atoms with Crippen LogP contribution in [0, 0.1) is 6.54 Å². The molecular weight excluding hydrogens is 410 g/mol. The Morgan fingerprint density at radius 3 is 2.38 bits per heavy atom. The highest BCUT2D eigenvalue weighted by Crippen LogP contribution is 2.51. The Kier molecular flexibility index (Phi) is 5.15. The van der Waals surface area contributed by atoms with Crippen LogP contribution in [0.4, 0.5) is 13.2 Å². The summed E-state index contributed by atoms with van der Waals surface area (Å²) in [5.41, 5.74) is -2.18. The fourth-order valence-electron chi connectivity index (χ4n) is 3.00. The quantitative estimate of drug-likeness (QED) is 0.664. The maximum absolute atomic E-state index is 13.9. The van der Waals surface area contributed by atoms with E-state index in [1.807, 2.05) is 0 Å². The standard InChI is InChI=1S/C14H12Cl3F3NO2S/c15-10-3-8(4-11(16)12(10)17)13(14(18,19)20)1-2-21(7-13)9-5-23-24(22)6-9/h2-4,9H,1,5-7H2. The van der Waals surface area contributed by atoms with E-state index in [4.69, 9.17) is 39.0 Å². The summed E-state index contributed by atoms with van der Waals surface area (Å²) in [4.78, 5) is 1.55. The largest absolute Gasteiger partial charge is 0.399 e. The van der Waals surface area contributed by atoms with Gasteiger partial charge in [-0.15, -0.1) is 0 Å². The first kappa shape index (κ1) is 18.7. The zero-order chi connectivity index (χ0) is 17.7. The van der Waals surface area contributed by atoms with Crippen LogP contribution in [-0.2, 0) is 20.7 Å².